The van der Waals surface area contributed by atoms with Gasteiger partial charge in [0.1, 0.15) is 0 Å². The lowest BCUT2D eigenvalue weighted by Gasteiger charge is -1.99. The fourth-order valence-electron chi connectivity index (χ4n) is 1.61. The van der Waals surface area contributed by atoms with Crippen molar-refractivity contribution in [3.8, 4) is 11.8 Å². The third kappa shape index (κ3) is 13.6. The Hall–Kier alpha value is -0.440. The summed E-state index contributed by atoms with van der Waals surface area (Å²) < 4.78 is 0. The van der Waals surface area contributed by atoms with Gasteiger partial charge in [-0.3, -0.25) is 0 Å². The first-order valence-electron chi connectivity index (χ1n) is 6.66. The average Bonchev–Trinajstić information content (AvgIpc) is 2.26. The second-order valence-corrected chi connectivity index (χ2v) is 4.18. The van der Waals surface area contributed by atoms with Crippen molar-refractivity contribution in [2.24, 2.45) is 0 Å². The van der Waals surface area contributed by atoms with Crippen LogP contribution < -0.4 is 0 Å². The van der Waals surface area contributed by atoms with E-state index in [0.29, 0.717) is 0 Å². The fourth-order valence-corrected chi connectivity index (χ4v) is 1.61. The summed E-state index contributed by atoms with van der Waals surface area (Å²) in [7, 11) is 0. The zero-order valence-corrected chi connectivity index (χ0v) is 10.5. The molecule has 0 saturated carbocycles. The number of hydrogen-bond donors (Lipinski definition) is 0. The topological polar surface area (TPSA) is 0 Å². The van der Waals surface area contributed by atoms with Crippen LogP contribution in [0.25, 0.3) is 0 Å². The largest absolute Gasteiger partial charge is 0.103 e. The molecule has 87 valence electrons. The van der Waals surface area contributed by atoms with E-state index in [0.717, 1.165) is 19.3 Å². The van der Waals surface area contributed by atoms with Gasteiger partial charge in [0.2, 0.25) is 0 Å². The summed E-state index contributed by atoms with van der Waals surface area (Å²) in [6.45, 7) is 6.03. The molecule has 0 heterocycles. The van der Waals surface area contributed by atoms with E-state index in [1.807, 2.05) is 0 Å². The van der Waals surface area contributed by atoms with Crippen LogP contribution in [0.5, 0.6) is 0 Å². The van der Waals surface area contributed by atoms with Gasteiger partial charge in [0, 0.05) is 12.8 Å². The highest BCUT2D eigenvalue weighted by Crippen LogP contribution is 2.09. The van der Waals surface area contributed by atoms with Gasteiger partial charge in [0.15, 0.2) is 0 Å². The summed E-state index contributed by atoms with van der Waals surface area (Å²) >= 11 is 0. The third-order valence-corrected chi connectivity index (χ3v) is 2.58. The minimum absolute atomic E-state index is 0.949. The molecule has 0 N–H and O–H groups in total. The molecule has 0 spiro atoms. The standard InChI is InChI=1S/C15H27/c1-3-5-7-9-11-13-15-14-12-10-8-6-4-2/h1,3-6,8,10-15H2,2H3. The minimum Gasteiger partial charge on any atom is -0.103 e. The SMILES string of the molecule is [CH2]CCC#CCCCCCCCCCC. The summed E-state index contributed by atoms with van der Waals surface area (Å²) in [4.78, 5) is 0. The molecule has 1 radical (unpaired) electrons. The van der Waals surface area contributed by atoms with Gasteiger partial charge in [0.25, 0.3) is 0 Å². The van der Waals surface area contributed by atoms with Crippen molar-refractivity contribution in [2.45, 2.75) is 77.6 Å². The third-order valence-electron chi connectivity index (χ3n) is 2.58. The van der Waals surface area contributed by atoms with Crippen LogP contribution in [0.1, 0.15) is 77.6 Å². The zero-order chi connectivity index (χ0) is 11.2. The van der Waals surface area contributed by atoms with E-state index in [1.165, 1.54) is 51.4 Å². The maximum atomic E-state index is 3.77. The maximum Gasteiger partial charge on any atom is 0.00886 e. The van der Waals surface area contributed by atoms with Crippen LogP contribution in [0.15, 0.2) is 0 Å². The maximum absolute atomic E-state index is 3.77. The van der Waals surface area contributed by atoms with Crippen LogP contribution >= 0.6 is 0 Å². The molecular formula is C15H27. The van der Waals surface area contributed by atoms with E-state index in [1.54, 1.807) is 0 Å². The fraction of sp³-hybridized carbons (Fsp3) is 0.800. The summed E-state index contributed by atoms with van der Waals surface area (Å²) in [6, 6.07) is 0. The monoisotopic (exact) mass is 207 g/mol. The summed E-state index contributed by atoms with van der Waals surface area (Å²) in [6.07, 6.45) is 14.1. The van der Waals surface area contributed by atoms with Gasteiger partial charge < -0.3 is 0 Å². The molecule has 15 heavy (non-hydrogen) atoms. The Labute approximate surface area is 96.8 Å². The molecule has 0 unspecified atom stereocenters. The first-order valence-corrected chi connectivity index (χ1v) is 6.66. The van der Waals surface area contributed by atoms with Gasteiger partial charge in [-0.2, -0.15) is 0 Å². The molecule has 0 rings (SSSR count). The van der Waals surface area contributed by atoms with E-state index in [4.69, 9.17) is 0 Å². The molecule has 0 fully saturated rings. The van der Waals surface area contributed by atoms with Crippen LogP contribution in [0.4, 0.5) is 0 Å². The molecule has 0 nitrogen and oxygen atoms in total. The second kappa shape index (κ2) is 13.6. The molecule has 0 atom stereocenters. The van der Waals surface area contributed by atoms with E-state index < -0.39 is 0 Å². The Bertz CT molecular complexity index is 159. The summed E-state index contributed by atoms with van der Waals surface area (Å²) in [5.74, 6) is 6.35. The van der Waals surface area contributed by atoms with E-state index in [-0.39, 0.29) is 0 Å². The summed E-state index contributed by atoms with van der Waals surface area (Å²) in [5.41, 5.74) is 0. The molecule has 0 aliphatic heterocycles. The first-order chi connectivity index (χ1) is 7.41. The van der Waals surface area contributed by atoms with E-state index in [2.05, 4.69) is 25.7 Å². The Balaban J connectivity index is 2.96. The Morgan fingerprint density at radius 3 is 1.87 bits per heavy atom. The predicted molar refractivity (Wildman–Crippen MR) is 69.6 cm³/mol. The highest BCUT2D eigenvalue weighted by molar-refractivity contribution is 4.98. The summed E-state index contributed by atoms with van der Waals surface area (Å²) in [5, 5.41) is 0. The number of hydrogen-bond acceptors (Lipinski definition) is 0. The first kappa shape index (κ1) is 14.6. The number of rotatable bonds is 9. The highest BCUT2D eigenvalue weighted by Gasteiger charge is 1.89. The second-order valence-electron chi connectivity index (χ2n) is 4.18. The molecular weight excluding hydrogens is 180 g/mol. The van der Waals surface area contributed by atoms with E-state index >= 15 is 0 Å². The molecule has 0 aromatic rings. The van der Waals surface area contributed by atoms with Gasteiger partial charge in [-0.25, -0.2) is 0 Å². The van der Waals surface area contributed by atoms with Gasteiger partial charge in [-0.1, -0.05) is 58.8 Å². The van der Waals surface area contributed by atoms with Crippen LogP contribution in [-0.4, -0.2) is 0 Å². The van der Waals surface area contributed by atoms with Crippen molar-refractivity contribution >= 4 is 0 Å². The van der Waals surface area contributed by atoms with Gasteiger partial charge in [0.05, 0.1) is 0 Å². The number of unbranched alkanes of at least 4 members (excludes halogenated alkanes) is 9. The molecule has 0 bridgehead atoms. The quantitative estimate of drug-likeness (QED) is 0.363. The van der Waals surface area contributed by atoms with Crippen molar-refractivity contribution in [3.05, 3.63) is 6.92 Å². The highest BCUT2D eigenvalue weighted by atomic mass is 14.0. The van der Waals surface area contributed by atoms with Crippen LogP contribution in [0.2, 0.25) is 0 Å². The molecule has 0 aromatic heterocycles. The lowest BCUT2D eigenvalue weighted by Crippen LogP contribution is -1.80. The Kier molecular flexibility index (Phi) is 13.2. The molecule has 0 aromatic carbocycles. The average molecular weight is 207 g/mol. The Morgan fingerprint density at radius 1 is 0.733 bits per heavy atom. The van der Waals surface area contributed by atoms with Crippen molar-refractivity contribution in [1.29, 1.82) is 0 Å². The lowest BCUT2D eigenvalue weighted by molar-refractivity contribution is 0.579. The van der Waals surface area contributed by atoms with Crippen molar-refractivity contribution in [2.75, 3.05) is 0 Å². The smallest absolute Gasteiger partial charge is 0.00886 e. The van der Waals surface area contributed by atoms with Crippen molar-refractivity contribution < 1.29 is 0 Å². The van der Waals surface area contributed by atoms with Crippen molar-refractivity contribution in [3.63, 3.8) is 0 Å². The van der Waals surface area contributed by atoms with E-state index in [9.17, 15) is 0 Å². The molecule has 0 heteroatoms. The van der Waals surface area contributed by atoms with Crippen LogP contribution in [0, 0.1) is 18.8 Å². The lowest BCUT2D eigenvalue weighted by atomic mass is 10.1. The molecule has 0 aliphatic rings. The zero-order valence-electron chi connectivity index (χ0n) is 10.5. The Morgan fingerprint density at radius 2 is 1.27 bits per heavy atom. The van der Waals surface area contributed by atoms with Crippen molar-refractivity contribution in [1.82, 2.24) is 0 Å². The minimum atomic E-state index is 0.949. The van der Waals surface area contributed by atoms with Gasteiger partial charge in [-0.05, 0) is 12.8 Å². The van der Waals surface area contributed by atoms with Crippen LogP contribution in [-0.2, 0) is 0 Å². The predicted octanol–water partition coefficient (Wildman–Crippen LogP) is 5.13. The van der Waals surface area contributed by atoms with Gasteiger partial charge in [-0.15, -0.1) is 11.8 Å². The molecule has 0 amide bonds. The molecule has 0 aliphatic carbocycles. The normalized spacial score (nSPS) is 9.73. The van der Waals surface area contributed by atoms with Gasteiger partial charge >= 0.3 is 0 Å². The molecule has 0 saturated heterocycles. The van der Waals surface area contributed by atoms with Crippen LogP contribution in [0.3, 0.4) is 0 Å².